The van der Waals surface area contributed by atoms with Crippen molar-refractivity contribution in [1.29, 1.82) is 0 Å². The third kappa shape index (κ3) is 48.1. The minimum atomic E-state index is -0.792. The molecule has 0 bridgehead atoms. The first-order valence-corrected chi connectivity index (χ1v) is 26.3. The fourth-order valence-electron chi connectivity index (χ4n) is 7.32. The molecule has 358 valence electrons. The lowest BCUT2D eigenvalue weighted by atomic mass is 10.0. The summed E-state index contributed by atoms with van der Waals surface area (Å²) in [6, 6.07) is 0. The van der Waals surface area contributed by atoms with Crippen molar-refractivity contribution in [3.05, 3.63) is 60.8 Å². The smallest absolute Gasteiger partial charge is 0.306 e. The maximum absolute atomic E-state index is 12.8. The van der Waals surface area contributed by atoms with Crippen LogP contribution in [0.4, 0.5) is 0 Å². The number of allylic oxidation sites excluding steroid dienone is 10. The first-order chi connectivity index (χ1) is 30.5. The van der Waals surface area contributed by atoms with Gasteiger partial charge in [0.05, 0.1) is 0 Å². The van der Waals surface area contributed by atoms with Crippen LogP contribution in [0.3, 0.4) is 0 Å². The molecule has 0 spiro atoms. The van der Waals surface area contributed by atoms with Gasteiger partial charge in [0.1, 0.15) is 13.2 Å². The molecule has 0 rings (SSSR count). The summed E-state index contributed by atoms with van der Waals surface area (Å²) in [6.07, 6.45) is 62.1. The Labute approximate surface area is 383 Å². The van der Waals surface area contributed by atoms with Gasteiger partial charge in [-0.15, -0.1) is 0 Å². The molecule has 6 heteroatoms. The van der Waals surface area contributed by atoms with E-state index >= 15 is 0 Å². The fraction of sp³-hybridized carbons (Fsp3) is 0.768. The van der Waals surface area contributed by atoms with Gasteiger partial charge in [-0.2, -0.15) is 0 Å². The summed E-state index contributed by atoms with van der Waals surface area (Å²) in [5, 5.41) is 0. The number of carbonyl (C=O) groups excluding carboxylic acids is 3. The molecule has 0 aliphatic heterocycles. The van der Waals surface area contributed by atoms with Crippen LogP contribution in [0, 0.1) is 0 Å². The summed E-state index contributed by atoms with van der Waals surface area (Å²) >= 11 is 0. The van der Waals surface area contributed by atoms with Gasteiger partial charge in [0.2, 0.25) is 0 Å². The maximum Gasteiger partial charge on any atom is 0.306 e. The van der Waals surface area contributed by atoms with Gasteiger partial charge in [-0.3, -0.25) is 14.4 Å². The Balaban J connectivity index is 4.37. The van der Waals surface area contributed by atoms with Gasteiger partial charge in [0.15, 0.2) is 6.10 Å². The molecular weight excluding hydrogens is 769 g/mol. The van der Waals surface area contributed by atoms with Crippen LogP contribution < -0.4 is 0 Å². The van der Waals surface area contributed by atoms with Crippen molar-refractivity contribution in [2.75, 3.05) is 13.2 Å². The molecule has 0 aliphatic carbocycles. The van der Waals surface area contributed by atoms with E-state index in [0.29, 0.717) is 19.3 Å². The number of esters is 3. The van der Waals surface area contributed by atoms with Crippen molar-refractivity contribution in [3.8, 4) is 0 Å². The van der Waals surface area contributed by atoms with Crippen LogP contribution in [0.2, 0.25) is 0 Å². The molecule has 0 N–H and O–H groups in total. The van der Waals surface area contributed by atoms with E-state index in [1.807, 2.05) is 0 Å². The van der Waals surface area contributed by atoms with Gasteiger partial charge in [-0.1, -0.05) is 223 Å². The van der Waals surface area contributed by atoms with E-state index < -0.39 is 6.10 Å². The fourth-order valence-corrected chi connectivity index (χ4v) is 7.32. The van der Waals surface area contributed by atoms with E-state index in [9.17, 15) is 14.4 Å². The Morgan fingerprint density at radius 3 is 1.06 bits per heavy atom. The van der Waals surface area contributed by atoms with Gasteiger partial charge in [0.25, 0.3) is 0 Å². The maximum atomic E-state index is 12.8. The highest BCUT2D eigenvalue weighted by atomic mass is 16.6. The number of unbranched alkanes of at least 4 members (excludes halogenated alkanes) is 26. The summed E-state index contributed by atoms with van der Waals surface area (Å²) in [7, 11) is 0. The molecule has 0 heterocycles. The zero-order chi connectivity index (χ0) is 45.1. The Morgan fingerprint density at radius 1 is 0.339 bits per heavy atom. The first kappa shape index (κ1) is 59.1. The molecule has 1 atom stereocenters. The summed E-state index contributed by atoms with van der Waals surface area (Å²) < 4.78 is 16.8. The second kappa shape index (κ2) is 50.8. The highest BCUT2D eigenvalue weighted by Crippen LogP contribution is 2.16. The minimum Gasteiger partial charge on any atom is -0.462 e. The summed E-state index contributed by atoms with van der Waals surface area (Å²) in [4.78, 5) is 38.0. The second-order valence-corrected chi connectivity index (χ2v) is 17.4. The topological polar surface area (TPSA) is 78.9 Å². The summed E-state index contributed by atoms with van der Waals surface area (Å²) in [5.74, 6) is -0.927. The molecule has 0 aliphatic rings. The van der Waals surface area contributed by atoms with Crippen LogP contribution in [0.1, 0.15) is 258 Å². The second-order valence-electron chi connectivity index (χ2n) is 17.4. The van der Waals surface area contributed by atoms with Crippen molar-refractivity contribution in [3.63, 3.8) is 0 Å². The standard InChI is InChI=1S/C56H98O6/c1-4-7-10-13-16-19-22-25-26-27-28-29-32-34-37-40-43-46-49-55(58)61-52-53(62-56(59)50-47-44-41-38-35-31-24-21-18-15-12-9-6-3)51-60-54(57)48-45-42-39-36-33-30-23-20-17-14-11-8-5-2/h9,11-12,14,18,20-21,23,31,35,53H,4-8,10,13,15-17,19,22,24-30,32-34,36-52H2,1-3H3/b12-9-,14-11-,21-18-,23-20-,35-31-. The molecule has 0 aromatic rings. The summed E-state index contributed by atoms with van der Waals surface area (Å²) in [5.41, 5.74) is 0. The lowest BCUT2D eigenvalue weighted by molar-refractivity contribution is -0.167. The molecule has 0 saturated heterocycles. The highest BCUT2D eigenvalue weighted by Gasteiger charge is 2.19. The van der Waals surface area contributed by atoms with Crippen molar-refractivity contribution in [1.82, 2.24) is 0 Å². The third-order valence-corrected chi connectivity index (χ3v) is 11.2. The van der Waals surface area contributed by atoms with Gasteiger partial charge >= 0.3 is 17.9 Å². The third-order valence-electron chi connectivity index (χ3n) is 11.2. The number of carbonyl (C=O) groups is 3. The lowest BCUT2D eigenvalue weighted by Gasteiger charge is -2.18. The molecule has 0 saturated carbocycles. The van der Waals surface area contributed by atoms with Crippen LogP contribution in [-0.2, 0) is 28.6 Å². The van der Waals surface area contributed by atoms with Crippen molar-refractivity contribution in [2.45, 2.75) is 264 Å². The lowest BCUT2D eigenvalue weighted by Crippen LogP contribution is -2.30. The molecule has 0 fully saturated rings. The minimum absolute atomic E-state index is 0.0888. The predicted molar refractivity (Wildman–Crippen MR) is 265 cm³/mol. The highest BCUT2D eigenvalue weighted by molar-refractivity contribution is 5.71. The number of hydrogen-bond acceptors (Lipinski definition) is 6. The predicted octanol–water partition coefficient (Wildman–Crippen LogP) is 17.3. The molecule has 62 heavy (non-hydrogen) atoms. The Morgan fingerprint density at radius 2 is 0.661 bits per heavy atom. The molecule has 1 unspecified atom stereocenters. The molecule has 0 amide bonds. The van der Waals surface area contributed by atoms with Crippen LogP contribution in [-0.4, -0.2) is 37.2 Å². The van der Waals surface area contributed by atoms with Gasteiger partial charge in [0, 0.05) is 19.3 Å². The van der Waals surface area contributed by atoms with Gasteiger partial charge in [-0.05, 0) is 77.0 Å². The molecular formula is C56H98O6. The zero-order valence-corrected chi connectivity index (χ0v) is 40.9. The normalized spacial score (nSPS) is 12.5. The average Bonchev–Trinajstić information content (AvgIpc) is 3.27. The van der Waals surface area contributed by atoms with Crippen molar-refractivity contribution < 1.29 is 28.6 Å². The van der Waals surface area contributed by atoms with E-state index in [0.717, 1.165) is 116 Å². The quantitative estimate of drug-likeness (QED) is 0.0262. The van der Waals surface area contributed by atoms with Crippen molar-refractivity contribution >= 4 is 17.9 Å². The van der Waals surface area contributed by atoms with Crippen molar-refractivity contribution in [2.24, 2.45) is 0 Å². The Hall–Kier alpha value is -2.89. The monoisotopic (exact) mass is 867 g/mol. The Bertz CT molecular complexity index is 1130. The SMILES string of the molecule is CC/C=C\C/C=C\C/C=C\CCCCCC(=O)OC(COC(=O)CCCCCCC/C=C\C/C=C\CCC)COC(=O)CCCCCCCCCCCCCCCCCCCC. The molecule has 0 aromatic carbocycles. The van der Waals surface area contributed by atoms with Crippen LogP contribution in [0.15, 0.2) is 60.8 Å². The molecule has 6 nitrogen and oxygen atoms in total. The van der Waals surface area contributed by atoms with E-state index in [-0.39, 0.29) is 31.1 Å². The summed E-state index contributed by atoms with van der Waals surface area (Å²) in [6.45, 7) is 6.44. The molecule has 0 radical (unpaired) electrons. The Kier molecular flexibility index (Phi) is 48.4. The van der Waals surface area contributed by atoms with E-state index in [1.54, 1.807) is 0 Å². The largest absolute Gasteiger partial charge is 0.462 e. The van der Waals surface area contributed by atoms with Crippen LogP contribution >= 0.6 is 0 Å². The van der Waals surface area contributed by atoms with Gasteiger partial charge in [-0.25, -0.2) is 0 Å². The van der Waals surface area contributed by atoms with Gasteiger partial charge < -0.3 is 14.2 Å². The average molecular weight is 867 g/mol. The zero-order valence-electron chi connectivity index (χ0n) is 40.9. The molecule has 0 aromatic heterocycles. The van der Waals surface area contributed by atoms with E-state index in [1.165, 1.54) is 103 Å². The number of ether oxygens (including phenoxy) is 3. The van der Waals surface area contributed by atoms with E-state index in [4.69, 9.17) is 14.2 Å². The number of rotatable bonds is 47. The van der Waals surface area contributed by atoms with Crippen LogP contribution in [0.5, 0.6) is 0 Å². The number of hydrogen-bond donors (Lipinski definition) is 0. The first-order valence-electron chi connectivity index (χ1n) is 26.3. The van der Waals surface area contributed by atoms with E-state index in [2.05, 4.69) is 81.5 Å². The van der Waals surface area contributed by atoms with Crippen LogP contribution in [0.25, 0.3) is 0 Å².